The highest BCUT2D eigenvalue weighted by molar-refractivity contribution is 5.82. The number of benzene rings is 2. The summed E-state index contributed by atoms with van der Waals surface area (Å²) >= 11 is 0. The number of rotatable bonds is 5. The van der Waals surface area contributed by atoms with E-state index in [0.717, 1.165) is 48.6 Å². The second kappa shape index (κ2) is 8.47. The third-order valence-electron chi connectivity index (χ3n) is 5.84. The molecule has 0 bridgehead atoms. The number of ether oxygens (including phenoxy) is 1. The highest BCUT2D eigenvalue weighted by Gasteiger charge is 2.30. The molecule has 7 nitrogen and oxygen atoms in total. The number of quaternary nitrogens is 1. The standard InChI is InChI=1S/C23H25N5O2/c1-16(22(29)19(15-24)23-25-20-8-3-4-9-21(20)26-23)27-10-12-28(13-11-27)17-6-5-7-18(14-17)30-2/h3-9,14,16,29H,10-13H2,1-2H3,(H,25,26)/p+1/b22-19-/t16-/m1/s1. The van der Waals surface area contributed by atoms with Crippen LogP contribution in [-0.2, 0) is 0 Å². The fourth-order valence-electron chi connectivity index (χ4n) is 4.00. The number of fused-ring (bicyclic) bond motifs is 1. The van der Waals surface area contributed by atoms with Crippen LogP contribution in [0.2, 0.25) is 0 Å². The zero-order valence-electron chi connectivity index (χ0n) is 17.2. The quantitative estimate of drug-likeness (QED) is 0.448. The summed E-state index contributed by atoms with van der Waals surface area (Å²) in [5.74, 6) is 1.35. The Morgan fingerprint density at radius 3 is 2.70 bits per heavy atom. The van der Waals surface area contributed by atoms with Gasteiger partial charge in [-0.1, -0.05) is 18.2 Å². The Bertz CT molecular complexity index is 1070. The number of aliphatic hydroxyl groups excluding tert-OH is 1. The minimum Gasteiger partial charge on any atom is -0.505 e. The predicted octanol–water partition coefficient (Wildman–Crippen LogP) is 2.16. The van der Waals surface area contributed by atoms with E-state index < -0.39 is 0 Å². The van der Waals surface area contributed by atoms with Crippen LogP contribution in [0.1, 0.15) is 12.7 Å². The molecule has 1 saturated heterocycles. The van der Waals surface area contributed by atoms with Crippen LogP contribution in [0, 0.1) is 11.3 Å². The van der Waals surface area contributed by atoms with Crippen molar-refractivity contribution >= 4 is 22.3 Å². The van der Waals surface area contributed by atoms with Gasteiger partial charge in [0.25, 0.3) is 0 Å². The zero-order valence-corrected chi connectivity index (χ0v) is 17.2. The van der Waals surface area contributed by atoms with Gasteiger partial charge in [-0.3, -0.25) is 0 Å². The number of aliphatic hydroxyl groups is 1. The zero-order chi connectivity index (χ0) is 21.1. The van der Waals surface area contributed by atoms with E-state index in [9.17, 15) is 10.4 Å². The molecule has 1 aromatic heterocycles. The van der Waals surface area contributed by atoms with Gasteiger partial charge in [0.2, 0.25) is 0 Å². The molecular weight excluding hydrogens is 378 g/mol. The van der Waals surface area contributed by atoms with E-state index in [2.05, 4.69) is 27.0 Å². The molecule has 1 atom stereocenters. The Morgan fingerprint density at radius 2 is 2.00 bits per heavy atom. The van der Waals surface area contributed by atoms with Gasteiger partial charge < -0.3 is 24.6 Å². The molecule has 0 saturated carbocycles. The highest BCUT2D eigenvalue weighted by Crippen LogP contribution is 2.22. The van der Waals surface area contributed by atoms with Gasteiger partial charge in [0.15, 0.2) is 11.6 Å². The third-order valence-corrected chi connectivity index (χ3v) is 5.84. The van der Waals surface area contributed by atoms with E-state index in [0.29, 0.717) is 5.82 Å². The number of nitriles is 1. The summed E-state index contributed by atoms with van der Waals surface area (Å²) in [4.78, 5) is 11.2. The maximum atomic E-state index is 10.9. The average Bonchev–Trinajstić information content (AvgIpc) is 3.23. The number of hydrogen-bond donors (Lipinski definition) is 3. The molecule has 0 radical (unpaired) electrons. The molecular formula is C23H26N5O2+. The normalized spacial score (nSPS) is 16.8. The Morgan fingerprint density at radius 1 is 1.23 bits per heavy atom. The molecule has 2 heterocycles. The van der Waals surface area contributed by atoms with Crippen LogP contribution in [0.5, 0.6) is 5.75 Å². The minimum absolute atomic E-state index is 0.0846. The predicted molar refractivity (Wildman–Crippen MR) is 117 cm³/mol. The second-order valence-corrected chi connectivity index (χ2v) is 7.54. The first-order valence-electron chi connectivity index (χ1n) is 10.1. The fraction of sp³-hybridized carbons (Fsp3) is 0.304. The van der Waals surface area contributed by atoms with Gasteiger partial charge in [0.1, 0.15) is 23.4 Å². The van der Waals surface area contributed by atoms with Crippen molar-refractivity contribution in [1.29, 1.82) is 5.26 Å². The van der Waals surface area contributed by atoms with Crippen molar-refractivity contribution in [3.63, 3.8) is 0 Å². The van der Waals surface area contributed by atoms with Gasteiger partial charge >= 0.3 is 0 Å². The van der Waals surface area contributed by atoms with Gasteiger partial charge in [-0.15, -0.1) is 0 Å². The van der Waals surface area contributed by atoms with Crippen LogP contribution in [0.25, 0.3) is 16.6 Å². The Kier molecular flexibility index (Phi) is 5.59. The van der Waals surface area contributed by atoms with E-state index in [1.54, 1.807) is 7.11 Å². The van der Waals surface area contributed by atoms with Crippen LogP contribution in [-0.4, -0.2) is 54.4 Å². The lowest BCUT2D eigenvalue weighted by molar-refractivity contribution is -0.919. The Hall–Kier alpha value is -3.50. The summed E-state index contributed by atoms with van der Waals surface area (Å²) in [5, 5.41) is 20.6. The molecule has 0 aliphatic carbocycles. The monoisotopic (exact) mass is 404 g/mol. The molecule has 30 heavy (non-hydrogen) atoms. The SMILES string of the molecule is COc1cccc(N2CC[NH+]([C@H](C)/C(O)=C(\C#N)c3nc4ccccc4[nH]3)CC2)c1. The molecule has 3 aromatic rings. The summed E-state index contributed by atoms with van der Waals surface area (Å²) in [6.07, 6.45) is 0. The van der Waals surface area contributed by atoms with Crippen LogP contribution >= 0.6 is 0 Å². The number of para-hydroxylation sites is 2. The first-order valence-corrected chi connectivity index (χ1v) is 10.1. The lowest BCUT2D eigenvalue weighted by atomic mass is 10.1. The third kappa shape index (κ3) is 3.82. The van der Waals surface area contributed by atoms with Crippen LogP contribution < -0.4 is 14.5 Å². The Labute approximate surface area is 175 Å². The van der Waals surface area contributed by atoms with Gasteiger partial charge in [-0.2, -0.15) is 5.26 Å². The van der Waals surface area contributed by atoms with Crippen molar-refractivity contribution in [3.05, 3.63) is 60.1 Å². The van der Waals surface area contributed by atoms with Crippen molar-refractivity contribution in [2.75, 3.05) is 38.2 Å². The summed E-state index contributed by atoms with van der Waals surface area (Å²) in [7, 11) is 1.67. The number of imidazole rings is 1. The van der Waals surface area contributed by atoms with E-state index in [1.165, 1.54) is 4.90 Å². The fourth-order valence-corrected chi connectivity index (χ4v) is 4.00. The van der Waals surface area contributed by atoms with Crippen LogP contribution in [0.4, 0.5) is 5.69 Å². The summed E-state index contributed by atoms with van der Waals surface area (Å²) in [6.45, 7) is 5.42. The molecule has 7 heteroatoms. The van der Waals surface area contributed by atoms with Crippen LogP contribution in [0.3, 0.4) is 0 Å². The molecule has 1 aliphatic heterocycles. The number of aromatic nitrogens is 2. The Balaban J connectivity index is 1.49. The molecule has 154 valence electrons. The maximum absolute atomic E-state index is 10.9. The first-order chi connectivity index (χ1) is 14.6. The lowest BCUT2D eigenvalue weighted by Crippen LogP contribution is -3.18. The molecule has 0 unspecified atom stereocenters. The van der Waals surface area contributed by atoms with Crippen molar-refractivity contribution < 1.29 is 14.7 Å². The smallest absolute Gasteiger partial charge is 0.172 e. The molecule has 0 spiro atoms. The number of allylic oxidation sites excluding steroid dienone is 1. The van der Waals surface area contributed by atoms with Crippen molar-refractivity contribution in [2.24, 2.45) is 0 Å². The largest absolute Gasteiger partial charge is 0.505 e. The van der Waals surface area contributed by atoms with E-state index in [1.807, 2.05) is 49.4 Å². The summed E-state index contributed by atoms with van der Waals surface area (Å²) in [5.41, 5.74) is 2.97. The average molecular weight is 404 g/mol. The second-order valence-electron chi connectivity index (χ2n) is 7.54. The minimum atomic E-state index is -0.194. The number of nitrogens with one attached hydrogen (secondary N) is 2. The molecule has 4 rings (SSSR count). The maximum Gasteiger partial charge on any atom is 0.172 e. The first kappa shape index (κ1) is 19.8. The van der Waals surface area contributed by atoms with Crippen molar-refractivity contribution in [1.82, 2.24) is 9.97 Å². The van der Waals surface area contributed by atoms with Gasteiger partial charge in [-0.05, 0) is 31.2 Å². The van der Waals surface area contributed by atoms with Crippen molar-refractivity contribution in [3.8, 4) is 11.8 Å². The van der Waals surface area contributed by atoms with E-state index >= 15 is 0 Å². The van der Waals surface area contributed by atoms with Crippen LogP contribution in [0.15, 0.2) is 54.3 Å². The number of aromatic amines is 1. The number of methoxy groups -OCH3 is 1. The topological polar surface area (TPSA) is 89.6 Å². The number of nitrogens with zero attached hydrogens (tertiary/aromatic N) is 3. The number of hydrogen-bond acceptors (Lipinski definition) is 5. The molecule has 1 aliphatic rings. The molecule has 3 N–H and O–H groups in total. The van der Waals surface area contributed by atoms with Gasteiger partial charge in [-0.25, -0.2) is 4.98 Å². The van der Waals surface area contributed by atoms with E-state index in [4.69, 9.17) is 4.74 Å². The number of H-pyrrole nitrogens is 1. The lowest BCUT2D eigenvalue weighted by Gasteiger charge is -2.36. The highest BCUT2D eigenvalue weighted by atomic mass is 16.5. The number of piperazine rings is 1. The van der Waals surface area contributed by atoms with Gasteiger partial charge in [0.05, 0.1) is 44.3 Å². The summed E-state index contributed by atoms with van der Waals surface area (Å²) < 4.78 is 5.33. The molecule has 2 aromatic carbocycles. The number of anilines is 1. The molecule has 1 fully saturated rings. The summed E-state index contributed by atoms with van der Waals surface area (Å²) in [6, 6.07) is 17.6. The molecule has 0 amide bonds. The van der Waals surface area contributed by atoms with Crippen molar-refractivity contribution in [2.45, 2.75) is 13.0 Å². The van der Waals surface area contributed by atoms with Gasteiger partial charge in [0, 0.05) is 11.8 Å². The van der Waals surface area contributed by atoms with E-state index in [-0.39, 0.29) is 17.4 Å².